The van der Waals surface area contributed by atoms with Crippen LogP contribution in [0.4, 0.5) is 0 Å². The Bertz CT molecular complexity index is 340. The van der Waals surface area contributed by atoms with E-state index in [2.05, 4.69) is 31.2 Å². The fourth-order valence-electron chi connectivity index (χ4n) is 3.14. The molecule has 0 saturated carbocycles. The summed E-state index contributed by atoms with van der Waals surface area (Å²) in [6.45, 7) is 2.29. The Labute approximate surface area is 113 Å². The lowest BCUT2D eigenvalue weighted by molar-refractivity contribution is 0.500. The van der Waals surface area contributed by atoms with E-state index < -0.39 is 0 Å². The van der Waals surface area contributed by atoms with E-state index in [9.17, 15) is 0 Å². The maximum atomic E-state index is 2.33. The SMILES string of the molecule is CCCCCCCCCCC1Cc2ccccc21. The van der Waals surface area contributed by atoms with Crippen molar-refractivity contribution in [3.63, 3.8) is 0 Å². The summed E-state index contributed by atoms with van der Waals surface area (Å²) in [5.74, 6) is 0.890. The molecule has 0 fully saturated rings. The normalized spacial score (nSPS) is 17.3. The van der Waals surface area contributed by atoms with Crippen molar-refractivity contribution in [2.45, 2.75) is 77.0 Å². The van der Waals surface area contributed by atoms with Gasteiger partial charge in [0.2, 0.25) is 0 Å². The van der Waals surface area contributed by atoms with Crippen LogP contribution in [0, 0.1) is 0 Å². The Morgan fingerprint density at radius 1 is 0.889 bits per heavy atom. The van der Waals surface area contributed by atoms with Gasteiger partial charge in [-0.05, 0) is 29.9 Å². The second-order valence-electron chi connectivity index (χ2n) is 5.86. The molecule has 0 amide bonds. The van der Waals surface area contributed by atoms with Crippen molar-refractivity contribution in [1.82, 2.24) is 0 Å². The molecular formula is C18H28. The largest absolute Gasteiger partial charge is 0.0654 e. The molecule has 1 aliphatic carbocycles. The van der Waals surface area contributed by atoms with Gasteiger partial charge in [0.15, 0.2) is 0 Å². The van der Waals surface area contributed by atoms with Crippen molar-refractivity contribution in [2.75, 3.05) is 0 Å². The van der Waals surface area contributed by atoms with Gasteiger partial charge >= 0.3 is 0 Å². The molecule has 1 atom stereocenters. The van der Waals surface area contributed by atoms with E-state index >= 15 is 0 Å². The predicted octanol–water partition coefficient (Wildman–Crippen LogP) is 5.86. The van der Waals surface area contributed by atoms with E-state index in [1.165, 1.54) is 64.2 Å². The number of hydrogen-bond acceptors (Lipinski definition) is 0. The lowest BCUT2D eigenvalue weighted by atomic mass is 9.75. The zero-order valence-corrected chi connectivity index (χ0v) is 12.0. The summed E-state index contributed by atoms with van der Waals surface area (Å²) in [6, 6.07) is 8.98. The van der Waals surface area contributed by atoms with Gasteiger partial charge in [0, 0.05) is 0 Å². The van der Waals surface area contributed by atoms with Crippen LogP contribution < -0.4 is 0 Å². The number of rotatable bonds is 9. The minimum Gasteiger partial charge on any atom is -0.0654 e. The second-order valence-corrected chi connectivity index (χ2v) is 5.86. The molecule has 0 aliphatic heterocycles. The van der Waals surface area contributed by atoms with Crippen molar-refractivity contribution in [3.8, 4) is 0 Å². The number of hydrogen-bond donors (Lipinski definition) is 0. The lowest BCUT2D eigenvalue weighted by Gasteiger charge is -2.30. The van der Waals surface area contributed by atoms with Crippen LogP contribution in [-0.4, -0.2) is 0 Å². The average molecular weight is 244 g/mol. The minimum atomic E-state index is 0.890. The first-order valence-electron chi connectivity index (χ1n) is 7.99. The second kappa shape index (κ2) is 7.61. The summed E-state index contributed by atoms with van der Waals surface area (Å²) in [5, 5.41) is 0. The summed E-state index contributed by atoms with van der Waals surface area (Å²) in [4.78, 5) is 0. The van der Waals surface area contributed by atoms with Crippen LogP contribution in [0.25, 0.3) is 0 Å². The highest BCUT2D eigenvalue weighted by molar-refractivity contribution is 5.39. The molecule has 0 saturated heterocycles. The quantitative estimate of drug-likeness (QED) is 0.477. The van der Waals surface area contributed by atoms with Gasteiger partial charge in [0.1, 0.15) is 0 Å². The molecule has 1 aromatic rings. The summed E-state index contributed by atoms with van der Waals surface area (Å²) >= 11 is 0. The van der Waals surface area contributed by atoms with Gasteiger partial charge in [-0.25, -0.2) is 0 Å². The van der Waals surface area contributed by atoms with Crippen LogP contribution in [-0.2, 0) is 6.42 Å². The summed E-state index contributed by atoms with van der Waals surface area (Å²) in [7, 11) is 0. The molecule has 2 rings (SSSR count). The van der Waals surface area contributed by atoms with E-state index in [-0.39, 0.29) is 0 Å². The van der Waals surface area contributed by atoms with E-state index in [1.54, 1.807) is 11.1 Å². The number of benzene rings is 1. The van der Waals surface area contributed by atoms with Crippen LogP contribution in [0.3, 0.4) is 0 Å². The first kappa shape index (κ1) is 13.6. The molecule has 0 nitrogen and oxygen atoms in total. The van der Waals surface area contributed by atoms with Crippen LogP contribution in [0.5, 0.6) is 0 Å². The minimum absolute atomic E-state index is 0.890. The third-order valence-corrected chi connectivity index (χ3v) is 4.37. The first-order valence-corrected chi connectivity index (χ1v) is 7.99. The molecule has 0 heteroatoms. The molecule has 100 valence electrons. The van der Waals surface area contributed by atoms with Gasteiger partial charge in [0.05, 0.1) is 0 Å². The van der Waals surface area contributed by atoms with Gasteiger partial charge in [-0.3, -0.25) is 0 Å². The van der Waals surface area contributed by atoms with Gasteiger partial charge in [0.25, 0.3) is 0 Å². The molecule has 0 radical (unpaired) electrons. The van der Waals surface area contributed by atoms with Crippen molar-refractivity contribution in [2.24, 2.45) is 0 Å². The van der Waals surface area contributed by atoms with Gasteiger partial charge in [-0.2, -0.15) is 0 Å². The highest BCUT2D eigenvalue weighted by Gasteiger charge is 2.24. The first-order chi connectivity index (χ1) is 8.92. The zero-order valence-electron chi connectivity index (χ0n) is 12.0. The Morgan fingerprint density at radius 3 is 2.28 bits per heavy atom. The number of unbranched alkanes of at least 4 members (excludes halogenated alkanes) is 7. The molecule has 18 heavy (non-hydrogen) atoms. The maximum Gasteiger partial charge on any atom is -0.0119 e. The Morgan fingerprint density at radius 2 is 1.56 bits per heavy atom. The molecule has 0 bridgehead atoms. The highest BCUT2D eigenvalue weighted by atomic mass is 14.3. The smallest absolute Gasteiger partial charge is 0.0119 e. The Hall–Kier alpha value is -0.780. The molecule has 1 aliphatic rings. The molecule has 1 unspecified atom stereocenters. The maximum absolute atomic E-state index is 2.33. The molecule has 1 aromatic carbocycles. The lowest BCUT2D eigenvalue weighted by Crippen LogP contribution is -2.16. The van der Waals surface area contributed by atoms with Gasteiger partial charge < -0.3 is 0 Å². The fourth-order valence-corrected chi connectivity index (χ4v) is 3.14. The third-order valence-electron chi connectivity index (χ3n) is 4.37. The number of fused-ring (bicyclic) bond motifs is 1. The van der Waals surface area contributed by atoms with E-state index in [4.69, 9.17) is 0 Å². The van der Waals surface area contributed by atoms with Crippen molar-refractivity contribution in [1.29, 1.82) is 0 Å². The monoisotopic (exact) mass is 244 g/mol. The van der Waals surface area contributed by atoms with Gasteiger partial charge in [-0.15, -0.1) is 0 Å². The van der Waals surface area contributed by atoms with Crippen LogP contribution in [0.2, 0.25) is 0 Å². The van der Waals surface area contributed by atoms with Crippen molar-refractivity contribution >= 4 is 0 Å². The van der Waals surface area contributed by atoms with Crippen LogP contribution in [0.15, 0.2) is 24.3 Å². The van der Waals surface area contributed by atoms with Crippen molar-refractivity contribution in [3.05, 3.63) is 35.4 Å². The Kier molecular flexibility index (Phi) is 5.77. The van der Waals surface area contributed by atoms with Crippen LogP contribution in [0.1, 0.15) is 81.8 Å². The molecule has 0 heterocycles. The molecular weight excluding hydrogens is 216 g/mol. The van der Waals surface area contributed by atoms with E-state index in [1.807, 2.05) is 0 Å². The fraction of sp³-hybridized carbons (Fsp3) is 0.667. The molecule has 0 spiro atoms. The molecule has 0 N–H and O–H groups in total. The van der Waals surface area contributed by atoms with E-state index in [0.717, 1.165) is 5.92 Å². The predicted molar refractivity (Wildman–Crippen MR) is 80.1 cm³/mol. The van der Waals surface area contributed by atoms with E-state index in [0.29, 0.717) is 0 Å². The summed E-state index contributed by atoms with van der Waals surface area (Å²) < 4.78 is 0. The van der Waals surface area contributed by atoms with Crippen molar-refractivity contribution < 1.29 is 0 Å². The average Bonchev–Trinajstić information content (AvgIpc) is 2.37. The standard InChI is InChI=1S/C18H28/c1-2-3-4-5-6-7-8-9-12-16-15-17-13-10-11-14-18(16)17/h10-11,13-14,16H,2-9,12,15H2,1H3. The third kappa shape index (κ3) is 3.86. The van der Waals surface area contributed by atoms with Crippen LogP contribution >= 0.6 is 0 Å². The topological polar surface area (TPSA) is 0 Å². The molecule has 0 aromatic heterocycles. The Balaban J connectivity index is 1.48. The summed E-state index contributed by atoms with van der Waals surface area (Å²) in [5.41, 5.74) is 3.24. The summed E-state index contributed by atoms with van der Waals surface area (Å²) in [6.07, 6.45) is 14.3. The van der Waals surface area contributed by atoms with Gasteiger partial charge in [-0.1, -0.05) is 82.6 Å². The zero-order chi connectivity index (χ0) is 12.6. The highest BCUT2D eigenvalue weighted by Crippen LogP contribution is 2.38.